The smallest absolute Gasteiger partial charge is 0.251 e. The molecule has 0 aliphatic carbocycles. The van der Waals surface area contributed by atoms with Crippen LogP contribution in [0, 0.1) is 5.82 Å². The van der Waals surface area contributed by atoms with Crippen molar-refractivity contribution in [3.63, 3.8) is 0 Å². The maximum Gasteiger partial charge on any atom is 0.251 e. The molecule has 3 nitrogen and oxygen atoms in total. The fourth-order valence-electron chi connectivity index (χ4n) is 1.22. The van der Waals surface area contributed by atoms with Crippen molar-refractivity contribution in [1.29, 1.82) is 0 Å². The lowest BCUT2D eigenvalue weighted by atomic mass is 10.2. The van der Waals surface area contributed by atoms with Crippen LogP contribution in [0.5, 0.6) is 0 Å². The van der Waals surface area contributed by atoms with Crippen molar-refractivity contribution in [2.24, 2.45) is 0 Å². The topological polar surface area (TPSA) is 38.3 Å². The first-order valence-corrected chi connectivity index (χ1v) is 5.84. The molecule has 0 bridgehead atoms. The average Bonchev–Trinajstić information content (AvgIpc) is 2.31. The Kier molecular flexibility index (Phi) is 5.82. The van der Waals surface area contributed by atoms with Gasteiger partial charge >= 0.3 is 0 Å². The van der Waals surface area contributed by atoms with Gasteiger partial charge in [-0.1, -0.05) is 23.8 Å². The maximum absolute atomic E-state index is 12.9. The molecule has 0 fully saturated rings. The van der Waals surface area contributed by atoms with Crippen LogP contribution >= 0.6 is 11.6 Å². The molecule has 1 amide bonds. The molecule has 0 aromatic heterocycles. The molecule has 0 spiro atoms. The highest BCUT2D eigenvalue weighted by Crippen LogP contribution is 2.15. The molecule has 18 heavy (non-hydrogen) atoms. The highest BCUT2D eigenvalue weighted by Gasteiger charge is 2.07. The zero-order valence-corrected chi connectivity index (χ0v) is 10.9. The zero-order valence-electron chi connectivity index (χ0n) is 10.1. The quantitative estimate of drug-likeness (QED) is 0.638. The number of halogens is 2. The predicted molar refractivity (Wildman–Crippen MR) is 69.4 cm³/mol. The molecule has 1 aromatic carbocycles. The Labute approximate surface area is 111 Å². The number of carbonyl (C=O) groups is 1. The van der Waals surface area contributed by atoms with E-state index in [1.165, 1.54) is 12.1 Å². The van der Waals surface area contributed by atoms with E-state index in [0.717, 1.165) is 11.6 Å². The normalized spacial score (nSPS) is 10.2. The lowest BCUT2D eigenvalue weighted by molar-refractivity contribution is 0.0927. The molecule has 5 heteroatoms. The van der Waals surface area contributed by atoms with E-state index in [-0.39, 0.29) is 10.9 Å². The summed E-state index contributed by atoms with van der Waals surface area (Å²) in [5.41, 5.74) is 1.24. The number of hydrogen-bond acceptors (Lipinski definition) is 2. The minimum atomic E-state index is -0.544. The second-order valence-electron chi connectivity index (χ2n) is 3.89. The van der Waals surface area contributed by atoms with Crippen molar-refractivity contribution < 1.29 is 13.9 Å². The number of hydrogen-bond donors (Lipinski definition) is 1. The maximum atomic E-state index is 12.9. The van der Waals surface area contributed by atoms with E-state index in [1.54, 1.807) is 0 Å². The van der Waals surface area contributed by atoms with Crippen LogP contribution in [0.2, 0.25) is 5.02 Å². The number of nitrogens with one attached hydrogen (secondary N) is 1. The standard InChI is InChI=1S/C13H15ClFNO2/c1-9(2)8-18-6-5-16-13(17)10-3-4-12(15)11(14)7-10/h3-4,7H,1,5-6,8H2,2H3,(H,16,17). The molecule has 1 aromatic rings. The Morgan fingerprint density at radius 3 is 2.89 bits per heavy atom. The first kappa shape index (κ1) is 14.7. The van der Waals surface area contributed by atoms with Gasteiger partial charge < -0.3 is 10.1 Å². The number of carbonyl (C=O) groups excluding carboxylic acids is 1. The van der Waals surface area contributed by atoms with Gasteiger partial charge in [0.2, 0.25) is 0 Å². The molecule has 1 N–H and O–H groups in total. The Morgan fingerprint density at radius 2 is 2.28 bits per heavy atom. The highest BCUT2D eigenvalue weighted by molar-refractivity contribution is 6.31. The molecule has 0 aliphatic heterocycles. The van der Waals surface area contributed by atoms with Crippen molar-refractivity contribution in [3.8, 4) is 0 Å². The van der Waals surface area contributed by atoms with Crippen molar-refractivity contribution in [2.45, 2.75) is 6.92 Å². The van der Waals surface area contributed by atoms with Crippen LogP contribution < -0.4 is 5.32 Å². The van der Waals surface area contributed by atoms with Crippen LogP contribution in [0.15, 0.2) is 30.4 Å². The van der Waals surface area contributed by atoms with E-state index in [1.807, 2.05) is 6.92 Å². The summed E-state index contributed by atoms with van der Waals surface area (Å²) in [4.78, 5) is 11.6. The molecular weight excluding hydrogens is 257 g/mol. The number of amides is 1. The summed E-state index contributed by atoms with van der Waals surface area (Å²) < 4.78 is 18.1. The lowest BCUT2D eigenvalue weighted by Crippen LogP contribution is -2.27. The van der Waals surface area contributed by atoms with Crippen LogP contribution in [0.4, 0.5) is 4.39 Å². The summed E-state index contributed by atoms with van der Waals surface area (Å²) in [6.07, 6.45) is 0. The molecular formula is C13H15ClFNO2. The van der Waals surface area contributed by atoms with E-state index in [0.29, 0.717) is 25.3 Å². The predicted octanol–water partition coefficient (Wildman–Crippen LogP) is 2.80. The minimum absolute atomic E-state index is 0.0683. The van der Waals surface area contributed by atoms with Crippen LogP contribution in [0.25, 0.3) is 0 Å². The van der Waals surface area contributed by atoms with Crippen LogP contribution in [0.3, 0.4) is 0 Å². The third kappa shape index (κ3) is 4.85. The Morgan fingerprint density at radius 1 is 1.56 bits per heavy atom. The molecule has 1 rings (SSSR count). The summed E-state index contributed by atoms with van der Waals surface area (Å²) in [6, 6.07) is 3.83. The van der Waals surface area contributed by atoms with Crippen molar-refractivity contribution in [1.82, 2.24) is 5.32 Å². The largest absolute Gasteiger partial charge is 0.375 e. The highest BCUT2D eigenvalue weighted by atomic mass is 35.5. The van der Waals surface area contributed by atoms with Crippen LogP contribution in [-0.4, -0.2) is 25.7 Å². The van der Waals surface area contributed by atoms with E-state index >= 15 is 0 Å². The van der Waals surface area contributed by atoms with Gasteiger partial charge in [-0.05, 0) is 25.1 Å². The molecule has 0 radical (unpaired) electrons. The third-order valence-electron chi connectivity index (χ3n) is 2.06. The van der Waals surface area contributed by atoms with E-state index in [2.05, 4.69) is 11.9 Å². The van der Waals surface area contributed by atoms with Gasteiger partial charge in [-0.2, -0.15) is 0 Å². The number of rotatable bonds is 6. The van der Waals surface area contributed by atoms with Crippen molar-refractivity contribution >= 4 is 17.5 Å². The van der Waals surface area contributed by atoms with E-state index < -0.39 is 5.82 Å². The molecule has 0 atom stereocenters. The Hall–Kier alpha value is -1.39. The molecule has 98 valence electrons. The second-order valence-corrected chi connectivity index (χ2v) is 4.30. The first-order chi connectivity index (χ1) is 8.50. The van der Waals surface area contributed by atoms with E-state index in [4.69, 9.17) is 16.3 Å². The molecule has 0 aliphatic rings. The fraction of sp³-hybridized carbons (Fsp3) is 0.308. The van der Waals surface area contributed by atoms with Crippen molar-refractivity contribution in [3.05, 3.63) is 46.8 Å². The fourth-order valence-corrected chi connectivity index (χ4v) is 1.40. The van der Waals surface area contributed by atoms with Gasteiger partial charge in [-0.15, -0.1) is 0 Å². The zero-order chi connectivity index (χ0) is 13.5. The SMILES string of the molecule is C=C(C)COCCNC(=O)c1ccc(F)c(Cl)c1. The summed E-state index contributed by atoms with van der Waals surface area (Å²) in [5.74, 6) is -0.853. The van der Waals surface area contributed by atoms with Gasteiger partial charge in [0, 0.05) is 12.1 Å². The summed E-state index contributed by atoms with van der Waals surface area (Å²) in [5, 5.41) is 2.58. The average molecular weight is 272 g/mol. The van der Waals surface area contributed by atoms with Crippen LogP contribution in [0.1, 0.15) is 17.3 Å². The van der Waals surface area contributed by atoms with Gasteiger partial charge in [0.1, 0.15) is 5.82 Å². The van der Waals surface area contributed by atoms with Gasteiger partial charge in [0.25, 0.3) is 5.91 Å². The monoisotopic (exact) mass is 271 g/mol. The van der Waals surface area contributed by atoms with Gasteiger partial charge in [0.15, 0.2) is 0 Å². The summed E-state index contributed by atoms with van der Waals surface area (Å²) >= 11 is 5.59. The number of benzene rings is 1. The number of ether oxygens (including phenoxy) is 1. The van der Waals surface area contributed by atoms with Gasteiger partial charge in [0.05, 0.1) is 18.2 Å². The Bertz CT molecular complexity index is 449. The molecule has 0 saturated heterocycles. The van der Waals surface area contributed by atoms with E-state index in [9.17, 15) is 9.18 Å². The molecule has 0 saturated carbocycles. The first-order valence-electron chi connectivity index (χ1n) is 5.46. The second kappa shape index (κ2) is 7.13. The lowest BCUT2D eigenvalue weighted by Gasteiger charge is -2.06. The summed E-state index contributed by atoms with van der Waals surface area (Å²) in [6.45, 7) is 6.79. The van der Waals surface area contributed by atoms with Gasteiger partial charge in [-0.3, -0.25) is 4.79 Å². The van der Waals surface area contributed by atoms with Crippen molar-refractivity contribution in [2.75, 3.05) is 19.8 Å². The Balaban J connectivity index is 2.36. The summed E-state index contributed by atoms with van der Waals surface area (Å²) in [7, 11) is 0. The van der Waals surface area contributed by atoms with Gasteiger partial charge in [-0.25, -0.2) is 4.39 Å². The van der Waals surface area contributed by atoms with Crippen LogP contribution in [-0.2, 0) is 4.74 Å². The molecule has 0 unspecified atom stereocenters. The minimum Gasteiger partial charge on any atom is -0.375 e. The third-order valence-corrected chi connectivity index (χ3v) is 2.35. The molecule has 0 heterocycles.